The highest BCUT2D eigenvalue weighted by Gasteiger charge is 2.37. The van der Waals surface area contributed by atoms with Crippen LogP contribution in [0.3, 0.4) is 0 Å². The van der Waals surface area contributed by atoms with E-state index in [9.17, 15) is 9.59 Å². The number of amides is 1. The number of nitrogens with zero attached hydrogens (tertiary/aromatic N) is 2. The van der Waals surface area contributed by atoms with Gasteiger partial charge in [0.05, 0.1) is 10.7 Å². The lowest BCUT2D eigenvalue weighted by Gasteiger charge is -2.40. The maximum Gasteiger partial charge on any atom is 0.410 e. The lowest BCUT2D eigenvalue weighted by molar-refractivity contribution is 0.00770. The average Bonchev–Trinajstić information content (AvgIpc) is 3.53. The number of pyridine rings is 1. The van der Waals surface area contributed by atoms with Crippen molar-refractivity contribution in [3.05, 3.63) is 73.6 Å². The summed E-state index contributed by atoms with van der Waals surface area (Å²) >= 11 is 10.1. The number of aromatic nitrogens is 1. The third-order valence-electron chi connectivity index (χ3n) is 6.24. The molecule has 172 valence electrons. The van der Waals surface area contributed by atoms with Gasteiger partial charge in [-0.05, 0) is 90.7 Å². The van der Waals surface area contributed by atoms with Gasteiger partial charge in [0.1, 0.15) is 5.60 Å². The first-order valence-corrected chi connectivity index (χ1v) is 12.4. The van der Waals surface area contributed by atoms with Gasteiger partial charge in [0, 0.05) is 34.6 Å². The number of halogens is 2. The number of benzene rings is 2. The maximum atomic E-state index is 13.7. The van der Waals surface area contributed by atoms with Crippen molar-refractivity contribution in [2.75, 3.05) is 13.1 Å². The Morgan fingerprint density at radius 3 is 2.48 bits per heavy atom. The number of hydrogen-bond donors (Lipinski definition) is 0. The SMILES string of the molecule is CC(C)(C)OC(=O)N1CC(c2cc3cc(C4CC4)ccc3c(=O)n2-c2cccc(Br)c2Cl)C1. The number of carbonyl (C=O) groups excluding carboxylic acids is 1. The topological polar surface area (TPSA) is 51.5 Å². The van der Waals surface area contributed by atoms with Crippen molar-refractivity contribution in [2.45, 2.75) is 51.0 Å². The minimum atomic E-state index is -0.545. The van der Waals surface area contributed by atoms with Crippen molar-refractivity contribution in [2.24, 2.45) is 0 Å². The molecule has 33 heavy (non-hydrogen) atoms. The van der Waals surface area contributed by atoms with Gasteiger partial charge in [-0.25, -0.2) is 4.79 Å². The van der Waals surface area contributed by atoms with Crippen LogP contribution in [0.25, 0.3) is 16.5 Å². The molecule has 0 N–H and O–H groups in total. The van der Waals surface area contributed by atoms with Crippen LogP contribution in [0.2, 0.25) is 5.02 Å². The molecule has 5 rings (SSSR count). The molecule has 3 aromatic rings. The summed E-state index contributed by atoms with van der Waals surface area (Å²) in [5, 5.41) is 2.10. The molecule has 7 heteroatoms. The quantitative estimate of drug-likeness (QED) is 0.383. The molecule has 2 aliphatic rings. The molecule has 1 saturated carbocycles. The van der Waals surface area contributed by atoms with Gasteiger partial charge in [-0.1, -0.05) is 29.8 Å². The Bertz CT molecular complexity index is 1320. The third kappa shape index (κ3) is 4.31. The van der Waals surface area contributed by atoms with E-state index in [1.165, 1.54) is 18.4 Å². The van der Waals surface area contributed by atoms with Crippen molar-refractivity contribution in [3.63, 3.8) is 0 Å². The molecule has 0 bridgehead atoms. The molecule has 1 aromatic heterocycles. The van der Waals surface area contributed by atoms with Crippen molar-refractivity contribution in [1.29, 1.82) is 0 Å². The van der Waals surface area contributed by atoms with Gasteiger partial charge in [0.25, 0.3) is 5.56 Å². The van der Waals surface area contributed by atoms with Crippen molar-refractivity contribution in [3.8, 4) is 5.69 Å². The highest BCUT2D eigenvalue weighted by Crippen LogP contribution is 2.41. The van der Waals surface area contributed by atoms with Crippen LogP contribution in [-0.2, 0) is 4.74 Å². The summed E-state index contributed by atoms with van der Waals surface area (Å²) in [6, 6.07) is 13.8. The standard InChI is InChI=1S/C26H26BrClN2O3/c1-26(2,3)33-25(32)29-13-18(14-29)22-12-17-11-16(15-7-8-15)9-10-19(17)24(31)30(22)21-6-4-5-20(27)23(21)28/h4-6,9-12,15,18H,7-8,13-14H2,1-3H3. The molecular weight excluding hydrogens is 504 g/mol. The molecule has 1 aliphatic carbocycles. The summed E-state index contributed by atoms with van der Waals surface area (Å²) in [5.74, 6) is 0.611. The van der Waals surface area contributed by atoms with E-state index in [-0.39, 0.29) is 17.6 Å². The van der Waals surface area contributed by atoms with Gasteiger partial charge in [0.15, 0.2) is 0 Å². The van der Waals surface area contributed by atoms with Crippen LogP contribution < -0.4 is 5.56 Å². The Morgan fingerprint density at radius 1 is 1.09 bits per heavy atom. The predicted octanol–water partition coefficient (Wildman–Crippen LogP) is 6.62. The summed E-state index contributed by atoms with van der Waals surface area (Å²) in [4.78, 5) is 27.9. The number of likely N-dealkylation sites (tertiary alicyclic amines) is 1. The first-order valence-electron chi connectivity index (χ1n) is 11.2. The molecule has 1 aliphatic heterocycles. The maximum absolute atomic E-state index is 13.7. The lowest BCUT2D eigenvalue weighted by atomic mass is 9.93. The monoisotopic (exact) mass is 528 g/mol. The van der Waals surface area contributed by atoms with E-state index in [4.69, 9.17) is 16.3 Å². The zero-order valence-electron chi connectivity index (χ0n) is 18.9. The molecule has 2 heterocycles. The highest BCUT2D eigenvalue weighted by atomic mass is 79.9. The third-order valence-corrected chi connectivity index (χ3v) is 7.53. The van der Waals surface area contributed by atoms with E-state index in [1.807, 2.05) is 45.0 Å². The lowest BCUT2D eigenvalue weighted by Crippen LogP contribution is -2.51. The fourth-order valence-electron chi connectivity index (χ4n) is 4.38. The number of carbonyl (C=O) groups is 1. The van der Waals surface area contributed by atoms with Crippen LogP contribution >= 0.6 is 27.5 Å². The zero-order valence-corrected chi connectivity index (χ0v) is 21.2. The number of hydrogen-bond acceptors (Lipinski definition) is 3. The van der Waals surface area contributed by atoms with E-state index in [1.54, 1.807) is 9.47 Å². The first kappa shape index (κ1) is 22.5. The normalized spacial score (nSPS) is 16.7. The Morgan fingerprint density at radius 2 is 1.82 bits per heavy atom. The summed E-state index contributed by atoms with van der Waals surface area (Å²) in [6.07, 6.45) is 2.08. The molecule has 1 amide bonds. The van der Waals surface area contributed by atoms with Gasteiger partial charge in [-0.15, -0.1) is 0 Å². The van der Waals surface area contributed by atoms with Gasteiger partial charge < -0.3 is 9.64 Å². The molecule has 2 aromatic carbocycles. The van der Waals surface area contributed by atoms with Crippen molar-refractivity contribution >= 4 is 44.4 Å². The van der Waals surface area contributed by atoms with Gasteiger partial charge in [0.2, 0.25) is 0 Å². The summed E-state index contributed by atoms with van der Waals surface area (Å²) < 4.78 is 7.95. The molecule has 0 spiro atoms. The van der Waals surface area contributed by atoms with Gasteiger partial charge >= 0.3 is 6.09 Å². The zero-order chi connectivity index (χ0) is 23.5. The number of ether oxygens (including phenoxy) is 1. The largest absolute Gasteiger partial charge is 0.444 e. The van der Waals surface area contributed by atoms with Crippen LogP contribution in [0.1, 0.15) is 56.7 Å². The van der Waals surface area contributed by atoms with E-state index in [0.717, 1.165) is 15.6 Å². The van der Waals surface area contributed by atoms with E-state index < -0.39 is 5.60 Å². The van der Waals surface area contributed by atoms with Crippen LogP contribution in [0.15, 0.2) is 51.7 Å². The second-order valence-electron chi connectivity index (χ2n) is 9.99. The Hall–Kier alpha value is -2.31. The predicted molar refractivity (Wildman–Crippen MR) is 135 cm³/mol. The van der Waals surface area contributed by atoms with Crippen LogP contribution in [0, 0.1) is 0 Å². The number of fused-ring (bicyclic) bond motifs is 1. The van der Waals surface area contributed by atoms with Crippen molar-refractivity contribution < 1.29 is 9.53 Å². The first-order chi connectivity index (χ1) is 15.6. The van der Waals surface area contributed by atoms with E-state index >= 15 is 0 Å². The molecular formula is C26H26BrClN2O3. The molecule has 1 saturated heterocycles. The van der Waals surface area contributed by atoms with E-state index in [2.05, 4.69) is 34.1 Å². The average molecular weight is 530 g/mol. The molecule has 5 nitrogen and oxygen atoms in total. The van der Waals surface area contributed by atoms with Crippen LogP contribution in [-0.4, -0.2) is 34.3 Å². The fraction of sp³-hybridized carbons (Fsp3) is 0.385. The molecule has 0 atom stereocenters. The summed E-state index contributed by atoms with van der Waals surface area (Å²) in [6.45, 7) is 6.56. The van der Waals surface area contributed by atoms with Gasteiger partial charge in [-0.3, -0.25) is 9.36 Å². The summed E-state index contributed by atoms with van der Waals surface area (Å²) in [7, 11) is 0. The minimum absolute atomic E-state index is 0.00856. The smallest absolute Gasteiger partial charge is 0.410 e. The minimum Gasteiger partial charge on any atom is -0.444 e. The molecule has 0 unspecified atom stereocenters. The Labute approximate surface area is 206 Å². The summed E-state index contributed by atoms with van der Waals surface area (Å²) in [5.41, 5.74) is 2.14. The second kappa shape index (κ2) is 8.17. The Kier molecular flexibility index (Phi) is 5.57. The molecule has 0 radical (unpaired) electrons. The van der Waals surface area contributed by atoms with Crippen LogP contribution in [0.4, 0.5) is 4.79 Å². The number of rotatable bonds is 3. The highest BCUT2D eigenvalue weighted by molar-refractivity contribution is 9.10. The fourth-order valence-corrected chi connectivity index (χ4v) is 4.95. The Balaban J connectivity index is 1.59. The molecule has 2 fully saturated rings. The van der Waals surface area contributed by atoms with Gasteiger partial charge in [-0.2, -0.15) is 0 Å². The second-order valence-corrected chi connectivity index (χ2v) is 11.2. The van der Waals surface area contributed by atoms with E-state index in [0.29, 0.717) is 35.1 Å². The van der Waals surface area contributed by atoms with Crippen LogP contribution in [0.5, 0.6) is 0 Å². The van der Waals surface area contributed by atoms with Crippen molar-refractivity contribution in [1.82, 2.24) is 9.47 Å².